The van der Waals surface area contributed by atoms with Gasteiger partial charge in [-0.1, -0.05) is 17.4 Å². The van der Waals surface area contributed by atoms with Crippen LogP contribution in [0.25, 0.3) is 0 Å². The highest BCUT2D eigenvalue weighted by Gasteiger charge is 2.26. The molecule has 0 spiro atoms. The van der Waals surface area contributed by atoms with Crippen LogP contribution in [0, 0.1) is 0 Å². The van der Waals surface area contributed by atoms with Crippen LogP contribution < -0.4 is 4.87 Å². The Kier molecular flexibility index (Phi) is 2.63. The van der Waals surface area contributed by atoms with E-state index in [-0.39, 0.29) is 22.4 Å². The van der Waals surface area contributed by atoms with Crippen molar-refractivity contribution in [3.63, 3.8) is 0 Å². The minimum Gasteiger partial charge on any atom is -0.508 e. The van der Waals surface area contributed by atoms with Crippen LogP contribution in [-0.2, 0) is 6.42 Å². The first-order chi connectivity index (χ1) is 8.65. The average Bonchev–Trinajstić information content (AvgIpc) is 2.67. The number of H-pyrrole nitrogens is 1. The minimum atomic E-state index is -0.228. The molecule has 18 heavy (non-hydrogen) atoms. The number of aromatic nitrogens is 1. The SMILES string of the molecule is O=c1[nH]c(O)c([C@H]2CCCc3cc(O)ccc32)s1. The van der Waals surface area contributed by atoms with Gasteiger partial charge in [0.15, 0.2) is 0 Å². The van der Waals surface area contributed by atoms with Gasteiger partial charge in [-0.2, -0.15) is 0 Å². The molecule has 0 saturated heterocycles. The topological polar surface area (TPSA) is 73.3 Å². The lowest BCUT2D eigenvalue weighted by Gasteiger charge is -2.24. The summed E-state index contributed by atoms with van der Waals surface area (Å²) in [6.07, 6.45) is 2.84. The van der Waals surface area contributed by atoms with E-state index in [0.717, 1.165) is 41.7 Å². The van der Waals surface area contributed by atoms with E-state index < -0.39 is 0 Å². The maximum atomic E-state index is 11.3. The molecule has 1 aliphatic rings. The van der Waals surface area contributed by atoms with Crippen molar-refractivity contribution in [2.24, 2.45) is 0 Å². The highest BCUT2D eigenvalue weighted by Crippen LogP contribution is 2.41. The van der Waals surface area contributed by atoms with E-state index in [4.69, 9.17) is 0 Å². The lowest BCUT2D eigenvalue weighted by Crippen LogP contribution is -2.10. The number of benzene rings is 1. The van der Waals surface area contributed by atoms with Gasteiger partial charge in [0.1, 0.15) is 5.75 Å². The zero-order valence-corrected chi connectivity index (χ0v) is 10.5. The zero-order chi connectivity index (χ0) is 12.7. The standard InChI is InChI=1S/C13H13NO3S/c15-8-4-5-9-7(6-8)2-1-3-10(9)11-12(16)14-13(17)18-11/h4-6,10,15-16H,1-3H2,(H,14,17)/t10-/m0/s1. The van der Waals surface area contributed by atoms with Crippen LogP contribution in [0.3, 0.4) is 0 Å². The van der Waals surface area contributed by atoms with Gasteiger partial charge in [0, 0.05) is 5.92 Å². The molecule has 0 radical (unpaired) electrons. The van der Waals surface area contributed by atoms with Crippen LogP contribution in [0.5, 0.6) is 11.6 Å². The lowest BCUT2D eigenvalue weighted by molar-refractivity contribution is 0.443. The van der Waals surface area contributed by atoms with Gasteiger partial charge in [-0.25, -0.2) is 0 Å². The summed E-state index contributed by atoms with van der Waals surface area (Å²) in [5.74, 6) is 0.301. The molecule has 1 aliphatic carbocycles. The minimum absolute atomic E-state index is 0.0177. The van der Waals surface area contributed by atoms with Crippen molar-refractivity contribution in [2.45, 2.75) is 25.2 Å². The first kappa shape index (κ1) is 11.3. The van der Waals surface area contributed by atoms with Gasteiger partial charge in [0.25, 0.3) is 0 Å². The van der Waals surface area contributed by atoms with Crippen molar-refractivity contribution < 1.29 is 10.2 Å². The molecule has 4 nitrogen and oxygen atoms in total. The van der Waals surface area contributed by atoms with E-state index in [9.17, 15) is 15.0 Å². The third kappa shape index (κ3) is 1.80. The highest BCUT2D eigenvalue weighted by molar-refractivity contribution is 7.09. The Labute approximate surface area is 108 Å². The molecule has 5 heteroatoms. The number of nitrogens with one attached hydrogen (secondary N) is 1. The van der Waals surface area contributed by atoms with Gasteiger partial charge in [0.05, 0.1) is 4.88 Å². The number of hydrogen-bond acceptors (Lipinski definition) is 4. The summed E-state index contributed by atoms with van der Waals surface area (Å²) in [6, 6.07) is 5.32. The number of aromatic amines is 1. The quantitative estimate of drug-likeness (QED) is 0.739. The number of hydrogen-bond donors (Lipinski definition) is 3. The second-order valence-electron chi connectivity index (χ2n) is 4.56. The number of rotatable bonds is 1. The van der Waals surface area contributed by atoms with E-state index >= 15 is 0 Å². The predicted octanol–water partition coefficient (Wildman–Crippen LogP) is 2.32. The maximum Gasteiger partial charge on any atom is 0.307 e. The molecular weight excluding hydrogens is 250 g/mol. The Morgan fingerprint density at radius 1 is 1.33 bits per heavy atom. The molecule has 0 amide bonds. The van der Waals surface area contributed by atoms with Crippen molar-refractivity contribution in [2.75, 3.05) is 0 Å². The Bertz CT molecular complexity index is 644. The molecular formula is C13H13NO3S. The van der Waals surface area contributed by atoms with Gasteiger partial charge in [-0.3, -0.25) is 9.78 Å². The van der Waals surface area contributed by atoms with Crippen molar-refractivity contribution >= 4 is 11.3 Å². The molecule has 1 heterocycles. The zero-order valence-electron chi connectivity index (χ0n) is 9.64. The highest BCUT2D eigenvalue weighted by atomic mass is 32.1. The Morgan fingerprint density at radius 2 is 2.17 bits per heavy atom. The fourth-order valence-corrected chi connectivity index (χ4v) is 3.52. The summed E-state index contributed by atoms with van der Waals surface area (Å²) in [6.45, 7) is 0. The van der Waals surface area contributed by atoms with Crippen LogP contribution in [0.15, 0.2) is 23.0 Å². The van der Waals surface area contributed by atoms with Gasteiger partial charge < -0.3 is 10.2 Å². The summed E-state index contributed by atoms with van der Waals surface area (Å²) in [7, 11) is 0. The van der Waals surface area contributed by atoms with Crippen LogP contribution in [0.1, 0.15) is 34.8 Å². The number of aryl methyl sites for hydroxylation is 1. The van der Waals surface area contributed by atoms with Crippen LogP contribution in [0.4, 0.5) is 0 Å². The second kappa shape index (κ2) is 4.17. The molecule has 3 N–H and O–H groups in total. The maximum absolute atomic E-state index is 11.3. The molecule has 1 aromatic carbocycles. The number of thiazole rings is 1. The van der Waals surface area contributed by atoms with Gasteiger partial charge >= 0.3 is 4.87 Å². The molecule has 94 valence electrons. The van der Waals surface area contributed by atoms with Gasteiger partial charge in [0.2, 0.25) is 5.88 Å². The number of aromatic hydroxyl groups is 2. The Hall–Kier alpha value is -1.75. The number of phenols is 1. The molecule has 3 rings (SSSR count). The van der Waals surface area contributed by atoms with Crippen LogP contribution in [-0.4, -0.2) is 15.2 Å². The lowest BCUT2D eigenvalue weighted by atomic mass is 9.82. The summed E-state index contributed by atoms with van der Waals surface area (Å²) in [5.41, 5.74) is 2.20. The summed E-state index contributed by atoms with van der Waals surface area (Å²) < 4.78 is 0. The Morgan fingerprint density at radius 3 is 2.89 bits per heavy atom. The van der Waals surface area contributed by atoms with Crippen LogP contribution in [0.2, 0.25) is 0 Å². The molecule has 0 saturated carbocycles. The number of fused-ring (bicyclic) bond motifs is 1. The fraction of sp³-hybridized carbons (Fsp3) is 0.308. The smallest absolute Gasteiger partial charge is 0.307 e. The first-order valence-electron chi connectivity index (χ1n) is 5.89. The van der Waals surface area contributed by atoms with E-state index in [1.807, 2.05) is 6.07 Å². The average molecular weight is 263 g/mol. The van der Waals surface area contributed by atoms with E-state index in [2.05, 4.69) is 4.98 Å². The van der Waals surface area contributed by atoms with Gasteiger partial charge in [-0.05, 0) is 42.5 Å². The van der Waals surface area contributed by atoms with Crippen molar-refractivity contribution in [1.29, 1.82) is 0 Å². The molecule has 0 unspecified atom stereocenters. The van der Waals surface area contributed by atoms with Gasteiger partial charge in [-0.15, -0.1) is 0 Å². The molecule has 0 bridgehead atoms. The molecule has 2 aromatic rings. The van der Waals surface area contributed by atoms with E-state index in [1.54, 1.807) is 12.1 Å². The first-order valence-corrected chi connectivity index (χ1v) is 6.70. The van der Waals surface area contributed by atoms with E-state index in [1.165, 1.54) is 0 Å². The second-order valence-corrected chi connectivity index (χ2v) is 5.57. The van der Waals surface area contributed by atoms with Crippen LogP contribution >= 0.6 is 11.3 Å². The largest absolute Gasteiger partial charge is 0.508 e. The molecule has 1 atom stereocenters. The predicted molar refractivity (Wildman–Crippen MR) is 69.5 cm³/mol. The molecule has 0 fully saturated rings. The third-order valence-electron chi connectivity index (χ3n) is 3.41. The fourth-order valence-electron chi connectivity index (χ4n) is 2.64. The summed E-state index contributed by atoms with van der Waals surface area (Å²) in [5, 5.41) is 19.3. The normalized spacial score (nSPS) is 18.6. The Balaban J connectivity index is 2.11. The van der Waals surface area contributed by atoms with Crippen molar-refractivity contribution in [3.05, 3.63) is 43.9 Å². The van der Waals surface area contributed by atoms with Crippen molar-refractivity contribution in [1.82, 2.24) is 4.98 Å². The molecule has 0 aliphatic heterocycles. The number of phenolic OH excluding ortho intramolecular Hbond substituents is 1. The monoisotopic (exact) mass is 263 g/mol. The van der Waals surface area contributed by atoms with E-state index in [0.29, 0.717) is 4.88 Å². The summed E-state index contributed by atoms with van der Waals surface area (Å²) in [4.78, 5) is 14.2. The molecule has 1 aromatic heterocycles. The third-order valence-corrected chi connectivity index (χ3v) is 4.40. The van der Waals surface area contributed by atoms with Crippen molar-refractivity contribution in [3.8, 4) is 11.6 Å². The summed E-state index contributed by atoms with van der Waals surface area (Å²) >= 11 is 1.07.